The Bertz CT molecular complexity index is 1350. The molecule has 0 spiro atoms. The second-order valence-electron chi connectivity index (χ2n) is 7.38. The maximum absolute atomic E-state index is 12.8. The number of hydrogen-bond donors (Lipinski definition) is 1. The first-order chi connectivity index (χ1) is 15.0. The molecule has 1 aliphatic heterocycles. The molecule has 2 aromatic heterocycles. The van der Waals surface area contributed by atoms with E-state index in [1.807, 2.05) is 6.07 Å². The van der Waals surface area contributed by atoms with Gasteiger partial charge in [-0.25, -0.2) is 4.98 Å². The number of carbonyl (C=O) groups is 1. The number of aromatic nitrogens is 2. The van der Waals surface area contributed by atoms with Crippen LogP contribution in [-0.2, 0) is 17.6 Å². The number of nitrogens with zero attached hydrogens (tertiary/aromatic N) is 2. The summed E-state index contributed by atoms with van der Waals surface area (Å²) in [6.45, 7) is 0.0886. The van der Waals surface area contributed by atoms with Crippen LogP contribution in [0.15, 0.2) is 23.0 Å². The van der Waals surface area contributed by atoms with Crippen molar-refractivity contribution >= 4 is 45.0 Å². The van der Waals surface area contributed by atoms with Crippen LogP contribution in [0.2, 0.25) is 5.02 Å². The largest absolute Gasteiger partial charge is 0.454 e. The normalized spacial score (nSPS) is 15.7. The van der Waals surface area contributed by atoms with Crippen molar-refractivity contribution in [2.75, 3.05) is 6.79 Å². The summed E-state index contributed by atoms with van der Waals surface area (Å²) in [6, 6.07) is 5.30. The van der Waals surface area contributed by atoms with Crippen LogP contribution in [0.4, 0.5) is 0 Å². The average Bonchev–Trinajstić information content (AvgIpc) is 3.37. The maximum atomic E-state index is 12.8. The van der Waals surface area contributed by atoms with Crippen molar-refractivity contribution in [2.45, 2.75) is 31.6 Å². The van der Waals surface area contributed by atoms with Gasteiger partial charge < -0.3 is 14.5 Å². The predicted octanol–water partition coefficient (Wildman–Crippen LogP) is 4.14. The summed E-state index contributed by atoms with van der Waals surface area (Å²) in [5.74, 6) is -0.669. The number of carbonyl (C=O) groups excluding carboxylic acids is 1. The second kappa shape index (κ2) is 7.84. The highest BCUT2D eigenvalue weighted by molar-refractivity contribution is 7.18. The molecule has 1 N–H and O–H groups in total. The van der Waals surface area contributed by atoms with E-state index in [1.54, 1.807) is 18.2 Å². The molecule has 3 aromatic rings. The predicted molar refractivity (Wildman–Crippen MR) is 117 cm³/mol. The van der Waals surface area contributed by atoms with Gasteiger partial charge in [-0.15, -0.1) is 11.3 Å². The number of fused-ring (bicyclic) bond motifs is 4. The molecule has 0 amide bonds. The molecule has 0 saturated carbocycles. The van der Waals surface area contributed by atoms with Crippen LogP contribution in [0.25, 0.3) is 16.3 Å². The average molecular weight is 454 g/mol. The highest BCUT2D eigenvalue weighted by Crippen LogP contribution is 2.40. The Labute approximate surface area is 185 Å². The van der Waals surface area contributed by atoms with Gasteiger partial charge in [-0.3, -0.25) is 9.59 Å². The molecule has 0 fully saturated rings. The third-order valence-electron chi connectivity index (χ3n) is 5.42. The molecule has 0 saturated heterocycles. The summed E-state index contributed by atoms with van der Waals surface area (Å²) in [4.78, 5) is 34.4. The van der Waals surface area contributed by atoms with E-state index in [0.717, 1.165) is 31.2 Å². The molecule has 31 heavy (non-hydrogen) atoms. The standard InChI is InChI=1S/C22H16ClN3O4S/c23-14-7-11(8-16-19(14)30-10-29-16)5-6-15(27)13(9-24)20-25-21(28)18-12-3-1-2-4-17(12)31-22(18)26-20/h5-8,13H,1-4,10H2,(H,25,26,28)/b6-5+. The molecule has 7 nitrogen and oxygen atoms in total. The molecule has 1 unspecified atom stereocenters. The molecule has 1 aromatic carbocycles. The lowest BCUT2D eigenvalue weighted by molar-refractivity contribution is -0.114. The van der Waals surface area contributed by atoms with Gasteiger partial charge >= 0.3 is 0 Å². The fourth-order valence-corrected chi connectivity index (χ4v) is 5.48. The fraction of sp³-hybridized carbons (Fsp3) is 0.273. The zero-order valence-electron chi connectivity index (χ0n) is 16.2. The number of thiophene rings is 1. The second-order valence-corrected chi connectivity index (χ2v) is 8.87. The van der Waals surface area contributed by atoms with Gasteiger partial charge in [0.1, 0.15) is 10.7 Å². The number of ether oxygens (including phenoxy) is 2. The van der Waals surface area contributed by atoms with Crippen molar-refractivity contribution < 1.29 is 14.3 Å². The summed E-state index contributed by atoms with van der Waals surface area (Å²) in [6.07, 6.45) is 6.77. The number of ketones is 1. The van der Waals surface area contributed by atoms with Gasteiger partial charge in [0.2, 0.25) is 6.79 Å². The lowest BCUT2D eigenvalue weighted by Gasteiger charge is -2.09. The maximum Gasteiger partial charge on any atom is 0.259 e. The van der Waals surface area contributed by atoms with Crippen LogP contribution in [0.1, 0.15) is 40.6 Å². The van der Waals surface area contributed by atoms with E-state index in [4.69, 9.17) is 21.1 Å². The molecular weight excluding hydrogens is 438 g/mol. The summed E-state index contributed by atoms with van der Waals surface area (Å²) >= 11 is 7.65. The van der Waals surface area contributed by atoms with E-state index in [1.165, 1.54) is 22.3 Å². The molecule has 1 atom stereocenters. The van der Waals surface area contributed by atoms with Gasteiger partial charge in [-0.05, 0) is 55.0 Å². The third-order valence-corrected chi connectivity index (χ3v) is 6.89. The number of aryl methyl sites for hydroxylation is 2. The third kappa shape index (κ3) is 3.50. The fourth-order valence-electron chi connectivity index (χ4n) is 3.93. The number of rotatable bonds is 4. The Kier molecular flexibility index (Phi) is 5.00. The van der Waals surface area contributed by atoms with Crippen LogP contribution in [0, 0.1) is 11.3 Å². The lowest BCUT2D eigenvalue weighted by atomic mass is 9.97. The van der Waals surface area contributed by atoms with Crippen molar-refractivity contribution in [3.8, 4) is 17.6 Å². The molecule has 9 heteroatoms. The minimum absolute atomic E-state index is 0.0666. The number of benzene rings is 1. The highest BCUT2D eigenvalue weighted by Gasteiger charge is 2.25. The molecule has 3 heterocycles. The van der Waals surface area contributed by atoms with E-state index in [-0.39, 0.29) is 18.2 Å². The quantitative estimate of drug-likeness (QED) is 0.595. The summed E-state index contributed by atoms with van der Waals surface area (Å²) < 4.78 is 10.6. The van der Waals surface area contributed by atoms with Gasteiger partial charge in [0.05, 0.1) is 16.5 Å². The van der Waals surface area contributed by atoms with E-state index in [2.05, 4.69) is 9.97 Å². The first kappa shape index (κ1) is 19.8. The Morgan fingerprint density at radius 3 is 3.00 bits per heavy atom. The monoisotopic (exact) mass is 453 g/mol. The van der Waals surface area contributed by atoms with Crippen LogP contribution in [0.3, 0.4) is 0 Å². The summed E-state index contributed by atoms with van der Waals surface area (Å²) in [5.41, 5.74) is 1.40. The number of halogens is 1. The Balaban J connectivity index is 1.45. The number of nitrogens with one attached hydrogen (secondary N) is 1. The van der Waals surface area contributed by atoms with E-state index < -0.39 is 11.7 Å². The smallest absolute Gasteiger partial charge is 0.259 e. The minimum atomic E-state index is -1.21. The van der Waals surface area contributed by atoms with Crippen LogP contribution >= 0.6 is 22.9 Å². The summed E-state index contributed by atoms with van der Waals surface area (Å²) in [7, 11) is 0. The van der Waals surface area contributed by atoms with Crippen molar-refractivity contribution in [2.24, 2.45) is 0 Å². The van der Waals surface area contributed by atoms with Gasteiger partial charge in [0, 0.05) is 4.88 Å². The molecule has 2 aliphatic rings. The first-order valence-electron chi connectivity index (χ1n) is 9.80. The van der Waals surface area contributed by atoms with Crippen molar-refractivity contribution in [1.82, 2.24) is 9.97 Å². The highest BCUT2D eigenvalue weighted by atomic mass is 35.5. The van der Waals surface area contributed by atoms with Crippen LogP contribution in [0.5, 0.6) is 11.5 Å². The zero-order chi connectivity index (χ0) is 21.5. The number of H-pyrrole nitrogens is 1. The number of aromatic amines is 1. The number of nitriles is 1. The van der Waals surface area contributed by atoms with Gasteiger partial charge in [-0.1, -0.05) is 17.7 Å². The Morgan fingerprint density at radius 1 is 1.32 bits per heavy atom. The van der Waals surface area contributed by atoms with Crippen molar-refractivity contribution in [3.05, 3.63) is 55.4 Å². The summed E-state index contributed by atoms with van der Waals surface area (Å²) in [5, 5.41) is 10.6. The molecule has 0 bridgehead atoms. The topological polar surface area (TPSA) is 105 Å². The van der Waals surface area contributed by atoms with E-state index in [0.29, 0.717) is 32.3 Å². The lowest BCUT2D eigenvalue weighted by Crippen LogP contribution is -2.18. The minimum Gasteiger partial charge on any atom is -0.454 e. The zero-order valence-corrected chi connectivity index (χ0v) is 17.8. The number of hydrogen-bond acceptors (Lipinski definition) is 7. The first-order valence-corrected chi connectivity index (χ1v) is 11.0. The Morgan fingerprint density at radius 2 is 2.16 bits per heavy atom. The SMILES string of the molecule is N#CC(C(=O)/C=C/c1cc(Cl)c2c(c1)OCO2)c1nc2sc3c(c2c(=O)[nH]1)CCCC3. The molecule has 1 aliphatic carbocycles. The Hall–Kier alpha value is -3.15. The van der Waals surface area contributed by atoms with Crippen molar-refractivity contribution in [3.63, 3.8) is 0 Å². The number of allylic oxidation sites excluding steroid dienone is 1. The molecule has 5 rings (SSSR count). The van der Waals surface area contributed by atoms with Gasteiger partial charge in [-0.2, -0.15) is 5.26 Å². The van der Waals surface area contributed by atoms with E-state index in [9.17, 15) is 14.9 Å². The van der Waals surface area contributed by atoms with Crippen LogP contribution in [-0.4, -0.2) is 22.5 Å². The van der Waals surface area contributed by atoms with Gasteiger partial charge in [0.25, 0.3) is 5.56 Å². The molecular formula is C22H16ClN3O4S. The molecule has 156 valence electrons. The molecule has 0 radical (unpaired) electrons. The van der Waals surface area contributed by atoms with Crippen molar-refractivity contribution in [1.29, 1.82) is 5.26 Å². The van der Waals surface area contributed by atoms with E-state index >= 15 is 0 Å². The van der Waals surface area contributed by atoms with Crippen LogP contribution < -0.4 is 15.0 Å². The van der Waals surface area contributed by atoms with Gasteiger partial charge in [0.15, 0.2) is 23.2 Å².